The summed E-state index contributed by atoms with van der Waals surface area (Å²) < 4.78 is 3.66. The molecule has 0 saturated heterocycles. The lowest BCUT2D eigenvalue weighted by Crippen LogP contribution is -2.34. The van der Waals surface area contributed by atoms with Crippen LogP contribution in [0.4, 0.5) is 0 Å². The predicted octanol–water partition coefficient (Wildman–Crippen LogP) is 1.22. The molecule has 2 aromatic carbocycles. The van der Waals surface area contributed by atoms with E-state index in [0.29, 0.717) is 12.1 Å². The van der Waals surface area contributed by atoms with Gasteiger partial charge < -0.3 is 7.85 Å². The van der Waals surface area contributed by atoms with Crippen LogP contribution in [0.2, 0.25) is 0 Å². The van der Waals surface area contributed by atoms with Crippen LogP contribution in [0, 0.1) is 0 Å². The van der Waals surface area contributed by atoms with Crippen LogP contribution in [0.3, 0.4) is 0 Å². The summed E-state index contributed by atoms with van der Waals surface area (Å²) in [6.07, 6.45) is 0. The van der Waals surface area contributed by atoms with Crippen molar-refractivity contribution in [1.82, 2.24) is 9.90 Å². The summed E-state index contributed by atoms with van der Waals surface area (Å²) in [6, 6.07) is 20.3. The highest BCUT2D eigenvalue weighted by Crippen LogP contribution is 2.12. The molecule has 97 valence electrons. The molecule has 3 rings (SSSR count). The van der Waals surface area contributed by atoms with Crippen LogP contribution in [0.25, 0.3) is 11.3 Å². The molecule has 1 heterocycles. The van der Waals surface area contributed by atoms with E-state index in [1.165, 1.54) is 5.56 Å². The average Bonchev–Trinajstić information content (AvgIpc) is 2.75. The van der Waals surface area contributed by atoms with Crippen molar-refractivity contribution in [2.45, 2.75) is 6.54 Å². The maximum absolute atomic E-state index is 6.26. The minimum absolute atomic E-state index is 0.674. The van der Waals surface area contributed by atoms with Crippen molar-refractivity contribution in [3.63, 3.8) is 0 Å². The topological polar surface area (TPSA) is 21.7 Å². The Bertz CT molecular complexity index is 705. The Labute approximate surface area is 119 Å². The quantitative estimate of drug-likeness (QED) is 0.512. The molecule has 0 fully saturated rings. The first-order valence-corrected chi connectivity index (χ1v) is 6.57. The van der Waals surface area contributed by atoms with Crippen LogP contribution < -0.4 is 10.3 Å². The zero-order valence-electron chi connectivity index (χ0n) is 11.4. The fourth-order valence-corrected chi connectivity index (χ4v) is 2.35. The molecule has 3 radical (unpaired) electrons. The fourth-order valence-electron chi connectivity index (χ4n) is 2.35. The first-order chi connectivity index (χ1) is 9.75. The number of hydrogen-bond donors (Lipinski definition) is 0. The summed E-state index contributed by atoms with van der Waals surface area (Å²) in [6.45, 7) is 0.674. The molecule has 1 aromatic heterocycles. The smallest absolute Gasteiger partial charge is 0.150 e. The van der Waals surface area contributed by atoms with Crippen molar-refractivity contribution in [2.75, 3.05) is 0 Å². The highest BCUT2D eigenvalue weighted by molar-refractivity contribution is 6.33. The van der Waals surface area contributed by atoms with Gasteiger partial charge in [0.15, 0.2) is 5.69 Å². The zero-order valence-corrected chi connectivity index (χ0v) is 11.4. The van der Waals surface area contributed by atoms with E-state index >= 15 is 0 Å². The second-order valence-electron chi connectivity index (χ2n) is 4.76. The Hall–Kier alpha value is -2.36. The van der Waals surface area contributed by atoms with Gasteiger partial charge in [0.2, 0.25) is 0 Å². The highest BCUT2D eigenvalue weighted by atomic mass is 15.5. The zero-order chi connectivity index (χ0) is 13.9. The molecule has 0 atom stereocenters. The van der Waals surface area contributed by atoms with Gasteiger partial charge in [-0.25, -0.2) is 0 Å². The lowest BCUT2D eigenvalue weighted by molar-refractivity contribution is -0.722. The fraction of sp³-hybridized carbons (Fsp3) is 0.125. The second-order valence-corrected chi connectivity index (χ2v) is 4.76. The molecule has 0 aliphatic heterocycles. The third kappa shape index (κ3) is 2.37. The molecular weight excluding hydrogens is 245 g/mol. The van der Waals surface area contributed by atoms with E-state index < -0.39 is 0 Å². The number of aromatic nitrogens is 3. The van der Waals surface area contributed by atoms with E-state index in [0.717, 1.165) is 11.3 Å². The van der Waals surface area contributed by atoms with E-state index in [9.17, 15) is 0 Å². The van der Waals surface area contributed by atoms with Crippen LogP contribution >= 0.6 is 0 Å². The van der Waals surface area contributed by atoms with Gasteiger partial charge in [-0.3, -0.25) is 0 Å². The minimum atomic E-state index is 0.674. The van der Waals surface area contributed by atoms with Crippen LogP contribution in [0.5, 0.6) is 0 Å². The van der Waals surface area contributed by atoms with Crippen molar-refractivity contribution < 1.29 is 4.68 Å². The molecule has 0 amide bonds. The van der Waals surface area contributed by atoms with Gasteiger partial charge in [0, 0.05) is 5.56 Å². The van der Waals surface area contributed by atoms with Crippen molar-refractivity contribution in [1.29, 1.82) is 0 Å². The summed E-state index contributed by atoms with van der Waals surface area (Å²) in [7, 11) is 8.18. The SMILES string of the molecule is [B-]c1c(-c2ccccc2)[n+](C)nn1Cc1ccccc1. The predicted molar refractivity (Wildman–Crippen MR) is 79.8 cm³/mol. The van der Waals surface area contributed by atoms with E-state index in [-0.39, 0.29) is 0 Å². The number of aryl methyl sites for hydroxylation is 1. The molecule has 0 N–H and O–H groups in total. The molecule has 0 spiro atoms. The van der Waals surface area contributed by atoms with Crippen molar-refractivity contribution in [2.24, 2.45) is 7.05 Å². The van der Waals surface area contributed by atoms with E-state index in [1.54, 1.807) is 0 Å². The summed E-state index contributed by atoms with van der Waals surface area (Å²) in [5.74, 6) is 0. The van der Waals surface area contributed by atoms with Gasteiger partial charge >= 0.3 is 0 Å². The Kier molecular flexibility index (Phi) is 3.38. The Morgan fingerprint density at radius 3 is 2.25 bits per heavy atom. The van der Waals surface area contributed by atoms with Gasteiger partial charge in [-0.05, 0) is 5.56 Å². The lowest BCUT2D eigenvalue weighted by Gasteiger charge is -2.07. The molecule has 4 heteroatoms. The third-order valence-corrected chi connectivity index (χ3v) is 3.31. The number of benzene rings is 2. The number of rotatable bonds is 3. The molecule has 3 aromatic rings. The van der Waals surface area contributed by atoms with Gasteiger partial charge in [-0.2, -0.15) is 4.68 Å². The van der Waals surface area contributed by atoms with Crippen LogP contribution in [-0.4, -0.2) is 17.7 Å². The van der Waals surface area contributed by atoms with Crippen LogP contribution in [0.1, 0.15) is 5.56 Å². The first-order valence-electron chi connectivity index (χ1n) is 6.57. The molecule has 3 nitrogen and oxygen atoms in total. The monoisotopic (exact) mass is 260 g/mol. The third-order valence-electron chi connectivity index (χ3n) is 3.31. The summed E-state index contributed by atoms with van der Waals surface area (Å²) in [4.78, 5) is 0. The molecule has 0 aliphatic rings. The molecule has 0 saturated carbocycles. The normalized spacial score (nSPS) is 10.7. The van der Waals surface area contributed by atoms with Crippen molar-refractivity contribution in [3.8, 4) is 11.3 Å². The second kappa shape index (κ2) is 5.33. The first kappa shape index (κ1) is 12.7. The number of nitrogens with zero attached hydrogens (tertiary/aromatic N) is 3. The molecule has 0 unspecified atom stereocenters. The summed E-state index contributed by atoms with van der Waals surface area (Å²) in [5, 5.41) is 4.49. The molecule has 20 heavy (non-hydrogen) atoms. The van der Waals surface area contributed by atoms with Gasteiger partial charge in [-0.15, -0.1) is 4.68 Å². The van der Waals surface area contributed by atoms with Gasteiger partial charge in [0.25, 0.3) is 0 Å². The van der Waals surface area contributed by atoms with Crippen LogP contribution in [-0.2, 0) is 13.6 Å². The largest absolute Gasteiger partial charge is 0.512 e. The van der Waals surface area contributed by atoms with Gasteiger partial charge in [0.1, 0.15) is 13.6 Å². The van der Waals surface area contributed by atoms with Crippen LogP contribution in [0.15, 0.2) is 60.7 Å². The average molecular weight is 260 g/mol. The summed E-state index contributed by atoms with van der Waals surface area (Å²) in [5.41, 5.74) is 3.89. The maximum atomic E-state index is 6.26. The number of hydrogen-bond acceptors (Lipinski definition) is 1. The highest BCUT2D eigenvalue weighted by Gasteiger charge is 2.13. The summed E-state index contributed by atoms with van der Waals surface area (Å²) >= 11 is 0. The van der Waals surface area contributed by atoms with Crippen molar-refractivity contribution in [3.05, 3.63) is 66.2 Å². The van der Waals surface area contributed by atoms with Crippen molar-refractivity contribution >= 4 is 13.4 Å². The lowest BCUT2D eigenvalue weighted by atomic mass is 9.97. The van der Waals surface area contributed by atoms with E-state index in [1.807, 2.05) is 64.9 Å². The Balaban J connectivity index is 1.99. The van der Waals surface area contributed by atoms with E-state index in [4.69, 9.17) is 7.85 Å². The molecule has 0 aliphatic carbocycles. The standard InChI is InChI=1S/C16H15BN3/c1-19-15(14-10-6-3-7-11-14)16(17)20(18-19)12-13-8-4-2-5-9-13/h2-11H,12H2,1H3. The van der Waals surface area contributed by atoms with Gasteiger partial charge in [0.05, 0.1) is 5.21 Å². The molecule has 0 bridgehead atoms. The maximum Gasteiger partial charge on any atom is 0.150 e. The molecular formula is C16H15BN3. The Morgan fingerprint density at radius 1 is 1.00 bits per heavy atom. The van der Waals surface area contributed by atoms with Gasteiger partial charge in [-0.1, -0.05) is 66.3 Å². The Morgan fingerprint density at radius 2 is 1.60 bits per heavy atom. The van der Waals surface area contributed by atoms with E-state index in [2.05, 4.69) is 17.3 Å². The minimum Gasteiger partial charge on any atom is -0.512 e.